The van der Waals surface area contributed by atoms with Gasteiger partial charge in [0.15, 0.2) is 0 Å². The molecule has 2 aromatic carbocycles. The van der Waals surface area contributed by atoms with Gasteiger partial charge in [0.25, 0.3) is 5.91 Å². The lowest BCUT2D eigenvalue weighted by atomic mass is 9.95. The first kappa shape index (κ1) is 18.4. The maximum Gasteiger partial charge on any atom is 0.259 e. The predicted molar refractivity (Wildman–Crippen MR) is 115 cm³/mol. The Hall–Kier alpha value is -2.92. The molecule has 2 N–H and O–H groups in total. The maximum absolute atomic E-state index is 13.1. The average molecular weight is 391 g/mol. The van der Waals surface area contributed by atoms with E-state index in [9.17, 15) is 9.90 Å². The van der Waals surface area contributed by atoms with Gasteiger partial charge in [-0.2, -0.15) is 0 Å². The van der Waals surface area contributed by atoms with Crippen LogP contribution in [0.2, 0.25) is 0 Å². The zero-order chi connectivity index (χ0) is 19.5. The number of aromatic hydroxyl groups is 1. The van der Waals surface area contributed by atoms with Gasteiger partial charge in [0.2, 0.25) is 0 Å². The van der Waals surface area contributed by atoms with Gasteiger partial charge in [-0.1, -0.05) is 17.7 Å². The fraction of sp³-hybridized carbons (Fsp3) is 0.217. The number of benzene rings is 2. The number of carbonyl (C=O) groups is 1. The Morgan fingerprint density at radius 2 is 1.79 bits per heavy atom. The number of hydrogen-bond acceptors (Lipinski definition) is 4. The molecule has 0 unspecified atom stereocenters. The van der Waals surface area contributed by atoms with Gasteiger partial charge in [-0.15, -0.1) is 11.3 Å². The number of aryl methyl sites for hydroxylation is 2. The molecule has 28 heavy (non-hydrogen) atoms. The number of amides is 1. The summed E-state index contributed by atoms with van der Waals surface area (Å²) >= 11 is 1.62. The van der Waals surface area contributed by atoms with Crippen LogP contribution < -0.4 is 5.32 Å². The van der Waals surface area contributed by atoms with Crippen LogP contribution in [0.4, 0.5) is 10.7 Å². The zero-order valence-corrected chi connectivity index (χ0v) is 16.6. The van der Waals surface area contributed by atoms with Crippen molar-refractivity contribution in [2.75, 3.05) is 5.32 Å². The summed E-state index contributed by atoms with van der Waals surface area (Å²) < 4.78 is 0. The van der Waals surface area contributed by atoms with E-state index in [0.717, 1.165) is 53.1 Å². The summed E-state index contributed by atoms with van der Waals surface area (Å²) in [7, 11) is 0. The van der Waals surface area contributed by atoms with E-state index < -0.39 is 0 Å². The van der Waals surface area contributed by atoms with Crippen molar-refractivity contribution in [3.8, 4) is 5.75 Å². The van der Waals surface area contributed by atoms with Crippen molar-refractivity contribution in [1.82, 2.24) is 0 Å². The van der Waals surface area contributed by atoms with Gasteiger partial charge in [0, 0.05) is 16.8 Å². The van der Waals surface area contributed by atoms with E-state index in [4.69, 9.17) is 0 Å². The Morgan fingerprint density at radius 3 is 2.54 bits per heavy atom. The van der Waals surface area contributed by atoms with Gasteiger partial charge in [-0.25, -0.2) is 4.99 Å². The van der Waals surface area contributed by atoms with Gasteiger partial charge < -0.3 is 10.4 Å². The van der Waals surface area contributed by atoms with Crippen LogP contribution in [0.5, 0.6) is 5.75 Å². The second-order valence-electron chi connectivity index (χ2n) is 7.06. The molecular formula is C23H22N2O2S. The first-order chi connectivity index (χ1) is 13.6. The van der Waals surface area contributed by atoms with Crippen LogP contribution in [-0.4, -0.2) is 17.2 Å². The molecule has 1 aromatic heterocycles. The molecular weight excluding hydrogens is 368 g/mol. The topological polar surface area (TPSA) is 61.7 Å². The lowest BCUT2D eigenvalue weighted by molar-refractivity contribution is 0.102. The Balaban J connectivity index is 1.66. The van der Waals surface area contributed by atoms with Crippen LogP contribution >= 0.6 is 11.3 Å². The quantitative estimate of drug-likeness (QED) is 0.566. The summed E-state index contributed by atoms with van der Waals surface area (Å²) in [5.74, 6) is 0.128. The minimum absolute atomic E-state index is 0.0962. The van der Waals surface area contributed by atoms with Crippen molar-refractivity contribution >= 4 is 34.1 Å². The molecule has 0 saturated carbocycles. The number of anilines is 1. The zero-order valence-electron chi connectivity index (χ0n) is 15.7. The monoisotopic (exact) mass is 390 g/mol. The Kier molecular flexibility index (Phi) is 5.26. The van der Waals surface area contributed by atoms with Crippen molar-refractivity contribution in [2.45, 2.75) is 32.6 Å². The summed E-state index contributed by atoms with van der Waals surface area (Å²) in [6.07, 6.45) is 5.96. The second kappa shape index (κ2) is 7.98. The highest BCUT2D eigenvalue weighted by atomic mass is 32.1. The van der Waals surface area contributed by atoms with Crippen molar-refractivity contribution in [1.29, 1.82) is 0 Å². The molecule has 1 amide bonds. The average Bonchev–Trinajstić information content (AvgIpc) is 3.08. The smallest absolute Gasteiger partial charge is 0.259 e. The molecule has 0 atom stereocenters. The number of phenols is 1. The highest BCUT2D eigenvalue weighted by Crippen LogP contribution is 2.40. The van der Waals surface area contributed by atoms with E-state index in [-0.39, 0.29) is 11.7 Å². The predicted octanol–water partition coefficient (Wildman–Crippen LogP) is 5.64. The summed E-state index contributed by atoms with van der Waals surface area (Å²) in [4.78, 5) is 19.0. The molecule has 1 heterocycles. The molecule has 0 aliphatic heterocycles. The summed E-state index contributed by atoms with van der Waals surface area (Å²) in [6, 6.07) is 14.7. The molecule has 5 heteroatoms. The van der Waals surface area contributed by atoms with Crippen molar-refractivity contribution < 1.29 is 9.90 Å². The standard InChI is InChI=1S/C23H22N2O2S/c1-15-6-10-17(11-7-15)25-22(27)21-19-4-2-3-5-20(19)28-23(21)24-14-16-8-12-18(26)13-9-16/h6-14,26H,2-5H2,1H3,(H,25,27)/b24-14-. The van der Waals surface area contributed by atoms with Crippen LogP contribution in [0.15, 0.2) is 53.5 Å². The highest BCUT2D eigenvalue weighted by Gasteiger charge is 2.25. The Labute approximate surface area is 168 Å². The minimum Gasteiger partial charge on any atom is -0.508 e. The van der Waals surface area contributed by atoms with E-state index in [2.05, 4.69) is 10.3 Å². The molecule has 4 nitrogen and oxygen atoms in total. The molecule has 0 spiro atoms. The third-order valence-electron chi connectivity index (χ3n) is 4.91. The van der Waals surface area contributed by atoms with Crippen LogP contribution in [0.1, 0.15) is 44.8 Å². The molecule has 0 bridgehead atoms. The van der Waals surface area contributed by atoms with Gasteiger partial charge in [0.05, 0.1) is 5.56 Å². The van der Waals surface area contributed by atoms with E-state index in [1.165, 1.54) is 4.88 Å². The van der Waals surface area contributed by atoms with E-state index in [1.54, 1.807) is 41.8 Å². The minimum atomic E-state index is -0.0962. The molecule has 1 aliphatic carbocycles. The summed E-state index contributed by atoms with van der Waals surface area (Å²) in [5, 5.41) is 13.2. The van der Waals surface area contributed by atoms with Gasteiger partial charge in [-0.05, 0) is 80.1 Å². The first-order valence-corrected chi connectivity index (χ1v) is 10.3. The third-order valence-corrected chi connectivity index (χ3v) is 6.11. The van der Waals surface area contributed by atoms with E-state index in [1.807, 2.05) is 31.2 Å². The third kappa shape index (κ3) is 3.99. The molecule has 142 valence electrons. The number of nitrogens with zero attached hydrogens (tertiary/aromatic N) is 1. The molecule has 0 radical (unpaired) electrons. The highest BCUT2D eigenvalue weighted by molar-refractivity contribution is 7.16. The molecule has 0 fully saturated rings. The lowest BCUT2D eigenvalue weighted by Gasteiger charge is -2.13. The Bertz CT molecular complexity index is 1020. The largest absolute Gasteiger partial charge is 0.508 e. The van der Waals surface area contributed by atoms with Crippen LogP contribution in [-0.2, 0) is 12.8 Å². The second-order valence-corrected chi connectivity index (χ2v) is 8.14. The van der Waals surface area contributed by atoms with E-state index >= 15 is 0 Å². The first-order valence-electron chi connectivity index (χ1n) is 9.46. The van der Waals surface area contributed by atoms with Crippen molar-refractivity contribution in [3.05, 3.63) is 75.7 Å². The fourth-order valence-electron chi connectivity index (χ4n) is 3.40. The van der Waals surface area contributed by atoms with E-state index in [0.29, 0.717) is 5.56 Å². The number of hydrogen-bond donors (Lipinski definition) is 2. The number of phenolic OH excluding ortho intramolecular Hbond substituents is 1. The number of nitrogens with one attached hydrogen (secondary N) is 1. The van der Waals surface area contributed by atoms with Gasteiger partial charge >= 0.3 is 0 Å². The van der Waals surface area contributed by atoms with Crippen LogP contribution in [0.3, 0.4) is 0 Å². The molecule has 0 saturated heterocycles. The number of carbonyl (C=O) groups excluding carboxylic acids is 1. The summed E-state index contributed by atoms with van der Waals surface area (Å²) in [5.41, 5.74) is 4.69. The number of rotatable bonds is 4. The number of fused-ring (bicyclic) bond motifs is 1. The van der Waals surface area contributed by atoms with Crippen LogP contribution in [0.25, 0.3) is 0 Å². The normalized spacial score (nSPS) is 13.5. The van der Waals surface area contributed by atoms with Gasteiger partial charge in [-0.3, -0.25) is 4.79 Å². The number of thiophene rings is 1. The van der Waals surface area contributed by atoms with Gasteiger partial charge in [0.1, 0.15) is 10.8 Å². The molecule has 3 aromatic rings. The number of aliphatic imine (C=N–C) groups is 1. The molecule has 1 aliphatic rings. The lowest BCUT2D eigenvalue weighted by Crippen LogP contribution is -2.14. The summed E-state index contributed by atoms with van der Waals surface area (Å²) in [6.45, 7) is 2.02. The Morgan fingerprint density at radius 1 is 1.07 bits per heavy atom. The SMILES string of the molecule is Cc1ccc(NC(=O)c2c(/N=C\c3ccc(O)cc3)sc3c2CCCC3)cc1. The van der Waals surface area contributed by atoms with Crippen molar-refractivity contribution in [3.63, 3.8) is 0 Å². The fourth-order valence-corrected chi connectivity index (χ4v) is 4.63. The van der Waals surface area contributed by atoms with Crippen LogP contribution in [0, 0.1) is 6.92 Å². The van der Waals surface area contributed by atoms with Crippen molar-refractivity contribution in [2.24, 2.45) is 4.99 Å². The maximum atomic E-state index is 13.1. The molecule has 4 rings (SSSR count).